The third-order valence-corrected chi connectivity index (χ3v) is 1.34. The second-order valence-corrected chi connectivity index (χ2v) is 2.52. The Hall–Kier alpha value is -0.540. The zero-order valence-corrected chi connectivity index (χ0v) is 10.1. The maximum Gasteiger partial charge on any atom is 0.115 e. The predicted molar refractivity (Wildman–Crippen MR) is 62.8 cm³/mol. The van der Waals surface area contributed by atoms with E-state index in [2.05, 4.69) is 12.2 Å². The minimum atomic E-state index is 0. The molecule has 0 spiro atoms. The molecule has 2 N–H and O–H groups in total. The summed E-state index contributed by atoms with van der Waals surface area (Å²) >= 11 is 0. The summed E-state index contributed by atoms with van der Waals surface area (Å²) in [5, 5.41) is 11.6. The highest BCUT2D eigenvalue weighted by molar-refractivity contribution is 8.93. The number of benzene rings is 1. The number of hydrogen-bond donors (Lipinski definition) is 2. The molecule has 0 saturated carbocycles. The second kappa shape index (κ2) is 9.55. The van der Waals surface area contributed by atoms with Crippen molar-refractivity contribution in [1.82, 2.24) is 5.32 Å². The van der Waals surface area contributed by atoms with Crippen LogP contribution >= 0.6 is 17.0 Å². The van der Waals surface area contributed by atoms with Gasteiger partial charge in [-0.2, -0.15) is 0 Å². The van der Waals surface area contributed by atoms with Crippen LogP contribution in [0.3, 0.4) is 0 Å². The molecule has 0 unspecified atom stereocenters. The van der Waals surface area contributed by atoms with E-state index in [0.29, 0.717) is 5.75 Å². The zero-order chi connectivity index (χ0) is 9.40. The van der Waals surface area contributed by atoms with E-state index in [1.54, 1.807) is 12.1 Å². The summed E-state index contributed by atoms with van der Waals surface area (Å²) in [7, 11) is 3.75. The Morgan fingerprint density at radius 1 is 1.15 bits per heavy atom. The average molecular weight is 248 g/mol. The van der Waals surface area contributed by atoms with Crippen LogP contribution in [0.2, 0.25) is 0 Å². The van der Waals surface area contributed by atoms with Crippen LogP contribution in [0, 0.1) is 0 Å². The number of halogens is 1. The van der Waals surface area contributed by atoms with Gasteiger partial charge in [-0.25, -0.2) is 0 Å². The van der Waals surface area contributed by atoms with Gasteiger partial charge < -0.3 is 10.4 Å². The third kappa shape index (κ3) is 7.81. The highest BCUT2D eigenvalue weighted by Crippen LogP contribution is 2.09. The molecule has 0 aliphatic carbocycles. The lowest BCUT2D eigenvalue weighted by Crippen LogP contribution is -1.89. The molecule has 0 radical (unpaired) electrons. The summed E-state index contributed by atoms with van der Waals surface area (Å²) in [6, 6.07) is 7.27. The quantitative estimate of drug-likeness (QED) is 0.799. The monoisotopic (exact) mass is 247 g/mol. The fraction of sp³-hybridized carbons (Fsp3) is 0.400. The molecule has 3 heteroatoms. The van der Waals surface area contributed by atoms with Gasteiger partial charge in [-0.05, 0) is 38.2 Å². The van der Waals surface area contributed by atoms with Gasteiger partial charge in [-0.3, -0.25) is 0 Å². The molecular formula is C10H18BrNO. The van der Waals surface area contributed by atoms with Crippen molar-refractivity contribution in [2.45, 2.75) is 13.3 Å². The molecule has 0 aliphatic rings. The molecule has 1 rings (SSSR count). The summed E-state index contributed by atoms with van der Waals surface area (Å²) in [6.45, 7) is 2.09. The van der Waals surface area contributed by atoms with Gasteiger partial charge in [0, 0.05) is 0 Å². The maximum absolute atomic E-state index is 8.85. The SMILES string of the molecule is Br.CCc1ccc(O)cc1.CNC. The number of aryl methyl sites for hydroxylation is 1. The fourth-order valence-corrected chi connectivity index (χ4v) is 0.732. The molecule has 1 aromatic rings. The Morgan fingerprint density at radius 2 is 1.54 bits per heavy atom. The van der Waals surface area contributed by atoms with Crippen LogP contribution in [0.4, 0.5) is 0 Å². The number of hydrogen-bond acceptors (Lipinski definition) is 2. The minimum absolute atomic E-state index is 0. The molecule has 1 aromatic carbocycles. The highest BCUT2D eigenvalue weighted by atomic mass is 79.9. The lowest BCUT2D eigenvalue weighted by molar-refractivity contribution is 0.475. The Morgan fingerprint density at radius 3 is 1.85 bits per heavy atom. The van der Waals surface area contributed by atoms with E-state index < -0.39 is 0 Å². The van der Waals surface area contributed by atoms with Crippen molar-refractivity contribution in [3.8, 4) is 5.75 Å². The number of phenolic OH excluding ortho intramolecular Hbond substituents is 1. The molecule has 13 heavy (non-hydrogen) atoms. The van der Waals surface area contributed by atoms with E-state index in [-0.39, 0.29) is 17.0 Å². The van der Waals surface area contributed by atoms with Crippen molar-refractivity contribution < 1.29 is 5.11 Å². The van der Waals surface area contributed by atoms with Gasteiger partial charge in [0.2, 0.25) is 0 Å². The van der Waals surface area contributed by atoms with Crippen LogP contribution in [-0.4, -0.2) is 19.2 Å². The van der Waals surface area contributed by atoms with Crippen LogP contribution in [0.15, 0.2) is 24.3 Å². The highest BCUT2D eigenvalue weighted by Gasteiger charge is 1.86. The Labute approximate surface area is 90.8 Å². The van der Waals surface area contributed by atoms with Crippen LogP contribution in [-0.2, 0) is 6.42 Å². The van der Waals surface area contributed by atoms with Crippen molar-refractivity contribution in [2.75, 3.05) is 14.1 Å². The molecule has 0 bridgehead atoms. The van der Waals surface area contributed by atoms with E-state index in [0.717, 1.165) is 6.42 Å². The lowest BCUT2D eigenvalue weighted by atomic mass is 10.2. The standard InChI is InChI=1S/C8H10O.C2H7N.BrH/c1-2-7-3-5-8(9)6-4-7;1-3-2;/h3-6,9H,2H2,1H3;3H,1-2H3;1H. The molecule has 0 fully saturated rings. The number of rotatable bonds is 1. The summed E-state index contributed by atoms with van der Waals surface area (Å²) < 4.78 is 0. The maximum atomic E-state index is 8.85. The molecular weight excluding hydrogens is 230 g/mol. The van der Waals surface area contributed by atoms with Gasteiger partial charge in [-0.15, -0.1) is 17.0 Å². The van der Waals surface area contributed by atoms with E-state index in [1.165, 1.54) is 5.56 Å². The number of phenols is 1. The van der Waals surface area contributed by atoms with Crippen LogP contribution in [0.5, 0.6) is 5.75 Å². The molecule has 0 aliphatic heterocycles. The van der Waals surface area contributed by atoms with Gasteiger partial charge in [0.05, 0.1) is 0 Å². The zero-order valence-electron chi connectivity index (χ0n) is 8.37. The van der Waals surface area contributed by atoms with Crippen LogP contribution < -0.4 is 5.32 Å². The van der Waals surface area contributed by atoms with Crippen molar-refractivity contribution in [3.63, 3.8) is 0 Å². The molecule has 2 nitrogen and oxygen atoms in total. The van der Waals surface area contributed by atoms with Gasteiger partial charge in [-0.1, -0.05) is 19.1 Å². The van der Waals surface area contributed by atoms with Crippen LogP contribution in [0.1, 0.15) is 12.5 Å². The number of nitrogens with one attached hydrogen (secondary N) is 1. The first kappa shape index (κ1) is 15.0. The Bertz CT molecular complexity index is 199. The lowest BCUT2D eigenvalue weighted by Gasteiger charge is -1.93. The van der Waals surface area contributed by atoms with Gasteiger partial charge in [0.15, 0.2) is 0 Å². The van der Waals surface area contributed by atoms with Gasteiger partial charge in [0.25, 0.3) is 0 Å². The fourth-order valence-electron chi connectivity index (χ4n) is 0.732. The normalized spacial score (nSPS) is 7.92. The first-order valence-electron chi connectivity index (χ1n) is 4.11. The minimum Gasteiger partial charge on any atom is -0.508 e. The topological polar surface area (TPSA) is 32.3 Å². The van der Waals surface area contributed by atoms with Gasteiger partial charge in [0.1, 0.15) is 5.75 Å². The first-order valence-corrected chi connectivity index (χ1v) is 4.11. The molecule has 0 heterocycles. The largest absolute Gasteiger partial charge is 0.508 e. The smallest absolute Gasteiger partial charge is 0.115 e. The first-order chi connectivity index (χ1) is 5.74. The molecule has 76 valence electrons. The summed E-state index contributed by atoms with van der Waals surface area (Å²) in [4.78, 5) is 0. The van der Waals surface area contributed by atoms with Crippen molar-refractivity contribution >= 4 is 17.0 Å². The predicted octanol–water partition coefficient (Wildman–Crippen LogP) is 2.37. The van der Waals surface area contributed by atoms with Crippen molar-refractivity contribution in [3.05, 3.63) is 29.8 Å². The van der Waals surface area contributed by atoms with Crippen molar-refractivity contribution in [1.29, 1.82) is 0 Å². The van der Waals surface area contributed by atoms with Crippen LogP contribution in [0.25, 0.3) is 0 Å². The summed E-state index contributed by atoms with van der Waals surface area (Å²) in [5.41, 5.74) is 1.26. The third-order valence-electron chi connectivity index (χ3n) is 1.34. The summed E-state index contributed by atoms with van der Waals surface area (Å²) in [6.07, 6.45) is 1.03. The van der Waals surface area contributed by atoms with E-state index in [1.807, 2.05) is 26.2 Å². The molecule has 0 atom stereocenters. The second-order valence-electron chi connectivity index (χ2n) is 2.52. The Kier molecular flexibility index (Phi) is 11.0. The number of aromatic hydroxyl groups is 1. The van der Waals surface area contributed by atoms with E-state index in [9.17, 15) is 0 Å². The van der Waals surface area contributed by atoms with Crippen molar-refractivity contribution in [2.24, 2.45) is 0 Å². The van der Waals surface area contributed by atoms with E-state index >= 15 is 0 Å². The molecule has 0 saturated heterocycles. The average Bonchev–Trinajstić information content (AvgIpc) is 2.07. The Balaban J connectivity index is 0. The summed E-state index contributed by atoms with van der Waals surface area (Å²) in [5.74, 6) is 0.340. The van der Waals surface area contributed by atoms with Gasteiger partial charge >= 0.3 is 0 Å². The molecule has 0 aromatic heterocycles. The molecule has 0 amide bonds. The van der Waals surface area contributed by atoms with E-state index in [4.69, 9.17) is 5.11 Å².